The minimum Gasteiger partial charge on any atom is -0.368 e. The van der Waals surface area contributed by atoms with Gasteiger partial charge in [-0.15, -0.1) is 0 Å². The maximum absolute atomic E-state index is 6.22. The summed E-state index contributed by atoms with van der Waals surface area (Å²) in [5.74, 6) is 0.341. The van der Waals surface area contributed by atoms with Gasteiger partial charge in [0.25, 0.3) is 0 Å². The number of benzene rings is 1. The predicted octanol–water partition coefficient (Wildman–Crippen LogP) is 2.82. The minimum absolute atomic E-state index is 0.276. The number of aromatic nitrogens is 2. The first-order chi connectivity index (χ1) is 12.1. The van der Waals surface area contributed by atoms with E-state index in [1.54, 1.807) is 0 Å². The van der Waals surface area contributed by atoms with Crippen molar-refractivity contribution in [2.24, 2.45) is 0 Å². The van der Waals surface area contributed by atoms with Crippen LogP contribution >= 0.6 is 11.6 Å². The smallest absolute Gasteiger partial charge is 0.220 e. The second kappa shape index (κ2) is 6.90. The van der Waals surface area contributed by atoms with Crippen LogP contribution in [-0.4, -0.2) is 41.1 Å². The molecule has 0 amide bonds. The highest BCUT2D eigenvalue weighted by Crippen LogP contribution is 2.40. The van der Waals surface area contributed by atoms with Gasteiger partial charge >= 0.3 is 0 Å². The van der Waals surface area contributed by atoms with Crippen LogP contribution in [0.2, 0.25) is 5.02 Å². The Kier molecular flexibility index (Phi) is 4.63. The molecule has 0 aliphatic carbocycles. The summed E-state index contributed by atoms with van der Waals surface area (Å²) in [6, 6.07) is 8.12. The SMILES string of the molecule is Nc1ncc2c(n1)C1(CCN(CCc3ccc(Cl)cc3)CC1)OCC2. The Bertz CT molecular complexity index is 742. The zero-order chi connectivity index (χ0) is 17.3. The number of piperidine rings is 1. The Morgan fingerprint density at radius 3 is 2.72 bits per heavy atom. The quantitative estimate of drug-likeness (QED) is 0.914. The second-order valence-electron chi connectivity index (χ2n) is 6.91. The van der Waals surface area contributed by atoms with Crippen molar-refractivity contribution in [1.82, 2.24) is 14.9 Å². The molecule has 1 saturated heterocycles. The van der Waals surface area contributed by atoms with E-state index in [-0.39, 0.29) is 5.60 Å². The molecule has 1 spiro atoms. The summed E-state index contributed by atoms with van der Waals surface area (Å²) < 4.78 is 6.22. The lowest BCUT2D eigenvalue weighted by atomic mass is 9.83. The molecule has 5 nitrogen and oxygen atoms in total. The van der Waals surface area contributed by atoms with Crippen molar-refractivity contribution in [2.45, 2.75) is 31.3 Å². The van der Waals surface area contributed by atoms with Gasteiger partial charge in [-0.1, -0.05) is 23.7 Å². The Morgan fingerprint density at radius 1 is 1.20 bits per heavy atom. The van der Waals surface area contributed by atoms with E-state index in [1.165, 1.54) is 11.1 Å². The third-order valence-electron chi connectivity index (χ3n) is 5.36. The molecule has 2 aliphatic heterocycles. The molecule has 3 heterocycles. The van der Waals surface area contributed by atoms with Crippen molar-refractivity contribution in [1.29, 1.82) is 0 Å². The third kappa shape index (κ3) is 3.50. The molecule has 6 heteroatoms. The average molecular weight is 359 g/mol. The van der Waals surface area contributed by atoms with Crippen LogP contribution in [0.3, 0.4) is 0 Å². The number of nitrogens with zero attached hydrogens (tertiary/aromatic N) is 3. The first-order valence-electron chi connectivity index (χ1n) is 8.87. The van der Waals surface area contributed by atoms with E-state index in [4.69, 9.17) is 22.1 Å². The van der Waals surface area contributed by atoms with Crippen LogP contribution in [0.25, 0.3) is 0 Å². The lowest BCUT2D eigenvalue weighted by molar-refractivity contribution is -0.101. The van der Waals surface area contributed by atoms with E-state index in [1.807, 2.05) is 18.3 Å². The number of hydrogen-bond donors (Lipinski definition) is 1. The summed E-state index contributed by atoms with van der Waals surface area (Å²) in [4.78, 5) is 11.2. The van der Waals surface area contributed by atoms with Crippen LogP contribution < -0.4 is 5.73 Å². The van der Waals surface area contributed by atoms with Crippen molar-refractivity contribution in [2.75, 3.05) is 32.0 Å². The van der Waals surface area contributed by atoms with Crippen molar-refractivity contribution < 1.29 is 4.74 Å². The van der Waals surface area contributed by atoms with Gasteiger partial charge in [-0.3, -0.25) is 0 Å². The van der Waals surface area contributed by atoms with Gasteiger partial charge in [-0.25, -0.2) is 9.97 Å². The summed E-state index contributed by atoms with van der Waals surface area (Å²) in [7, 11) is 0. The molecule has 0 saturated carbocycles. The van der Waals surface area contributed by atoms with Crippen LogP contribution in [0.15, 0.2) is 30.5 Å². The van der Waals surface area contributed by atoms with Crippen LogP contribution in [0.5, 0.6) is 0 Å². The molecule has 25 heavy (non-hydrogen) atoms. The molecule has 1 aromatic carbocycles. The average Bonchev–Trinajstić information content (AvgIpc) is 2.63. The predicted molar refractivity (Wildman–Crippen MR) is 98.6 cm³/mol. The van der Waals surface area contributed by atoms with E-state index in [0.717, 1.165) is 62.6 Å². The maximum Gasteiger partial charge on any atom is 0.220 e. The molecule has 4 rings (SSSR count). The normalized spacial score (nSPS) is 19.7. The highest BCUT2D eigenvalue weighted by Gasteiger charge is 2.42. The first kappa shape index (κ1) is 16.8. The van der Waals surface area contributed by atoms with E-state index >= 15 is 0 Å². The fourth-order valence-corrected chi connectivity index (χ4v) is 4.01. The minimum atomic E-state index is -0.276. The summed E-state index contributed by atoms with van der Waals surface area (Å²) in [6.45, 7) is 3.81. The van der Waals surface area contributed by atoms with E-state index in [2.05, 4.69) is 27.0 Å². The fourth-order valence-electron chi connectivity index (χ4n) is 3.88. The number of ether oxygens (including phenoxy) is 1. The Morgan fingerprint density at radius 2 is 1.96 bits per heavy atom. The number of nitrogen functional groups attached to an aromatic ring is 1. The molecule has 0 radical (unpaired) electrons. The number of anilines is 1. The van der Waals surface area contributed by atoms with Crippen molar-refractivity contribution in [3.05, 3.63) is 52.3 Å². The Labute approximate surface area is 153 Å². The number of hydrogen-bond acceptors (Lipinski definition) is 5. The zero-order valence-corrected chi connectivity index (χ0v) is 15.0. The van der Waals surface area contributed by atoms with Crippen molar-refractivity contribution in [3.8, 4) is 0 Å². The summed E-state index contributed by atoms with van der Waals surface area (Å²) >= 11 is 5.95. The van der Waals surface area contributed by atoms with Crippen molar-refractivity contribution in [3.63, 3.8) is 0 Å². The molecular formula is C19H23ClN4O. The Hall–Kier alpha value is -1.69. The van der Waals surface area contributed by atoms with Gasteiger partial charge in [-0.05, 0) is 48.9 Å². The number of likely N-dealkylation sites (tertiary alicyclic amines) is 1. The Balaban J connectivity index is 1.40. The fraction of sp³-hybridized carbons (Fsp3) is 0.474. The third-order valence-corrected chi connectivity index (χ3v) is 5.61. The monoisotopic (exact) mass is 358 g/mol. The van der Waals surface area contributed by atoms with E-state index in [9.17, 15) is 0 Å². The van der Waals surface area contributed by atoms with Gasteiger partial charge in [0.1, 0.15) is 5.60 Å². The lowest BCUT2D eigenvalue weighted by Gasteiger charge is -2.44. The van der Waals surface area contributed by atoms with Gasteiger partial charge in [0, 0.05) is 30.9 Å². The van der Waals surface area contributed by atoms with Gasteiger partial charge in [-0.2, -0.15) is 0 Å². The van der Waals surface area contributed by atoms with Crippen LogP contribution in [0, 0.1) is 0 Å². The number of rotatable bonds is 3. The summed E-state index contributed by atoms with van der Waals surface area (Å²) in [5.41, 5.74) is 9.08. The molecule has 0 bridgehead atoms. The lowest BCUT2D eigenvalue weighted by Crippen LogP contribution is -2.47. The van der Waals surface area contributed by atoms with E-state index < -0.39 is 0 Å². The molecular weight excluding hydrogens is 336 g/mol. The molecule has 2 N–H and O–H groups in total. The van der Waals surface area contributed by atoms with Crippen LogP contribution in [0.4, 0.5) is 5.95 Å². The number of halogens is 1. The second-order valence-corrected chi connectivity index (χ2v) is 7.35. The van der Waals surface area contributed by atoms with Gasteiger partial charge < -0.3 is 15.4 Å². The van der Waals surface area contributed by atoms with Gasteiger partial charge in [0.15, 0.2) is 0 Å². The maximum atomic E-state index is 6.22. The first-order valence-corrected chi connectivity index (χ1v) is 9.25. The largest absolute Gasteiger partial charge is 0.368 e. The zero-order valence-electron chi connectivity index (χ0n) is 14.2. The van der Waals surface area contributed by atoms with Crippen LogP contribution in [0.1, 0.15) is 29.7 Å². The standard InChI is InChI=1S/C19H23ClN4O/c20-16-3-1-14(2-4-16)5-9-24-10-7-19(8-11-24)17-15(6-12-25-19)13-22-18(21)23-17/h1-4,13H,5-12H2,(H2,21,22,23). The van der Waals surface area contributed by atoms with Crippen LogP contribution in [-0.2, 0) is 23.2 Å². The topological polar surface area (TPSA) is 64.3 Å². The number of fused-ring (bicyclic) bond motifs is 2. The highest BCUT2D eigenvalue weighted by atomic mass is 35.5. The molecule has 2 aliphatic rings. The number of nitrogens with two attached hydrogens (primary N) is 1. The molecule has 2 aromatic rings. The highest BCUT2D eigenvalue weighted by molar-refractivity contribution is 6.30. The van der Waals surface area contributed by atoms with E-state index in [0.29, 0.717) is 5.95 Å². The molecule has 0 atom stereocenters. The van der Waals surface area contributed by atoms with Crippen molar-refractivity contribution >= 4 is 17.5 Å². The molecule has 0 unspecified atom stereocenters. The molecule has 1 aromatic heterocycles. The molecule has 132 valence electrons. The molecule has 1 fully saturated rings. The summed E-state index contributed by atoms with van der Waals surface area (Å²) in [5, 5.41) is 0.790. The summed E-state index contributed by atoms with van der Waals surface area (Å²) in [6.07, 6.45) is 5.69. The van der Waals surface area contributed by atoms with Gasteiger partial charge in [0.05, 0.1) is 12.3 Å². The van der Waals surface area contributed by atoms with Gasteiger partial charge in [0.2, 0.25) is 5.95 Å².